The number of carbonyl (C=O) groups is 1. The number of nitrogens with one attached hydrogen (secondary N) is 2. The van der Waals surface area contributed by atoms with Gasteiger partial charge in [0.2, 0.25) is 0 Å². The highest BCUT2D eigenvalue weighted by molar-refractivity contribution is 6.33. The van der Waals surface area contributed by atoms with Crippen LogP contribution in [0.5, 0.6) is 0 Å². The topological polar surface area (TPSA) is 87.5 Å². The van der Waals surface area contributed by atoms with Gasteiger partial charge in [0.05, 0.1) is 34.5 Å². The normalized spacial score (nSPS) is 18.6. The summed E-state index contributed by atoms with van der Waals surface area (Å²) in [5.41, 5.74) is -2.26. The zero-order chi connectivity index (χ0) is 21.8. The fourth-order valence-corrected chi connectivity index (χ4v) is 3.81. The van der Waals surface area contributed by atoms with Crippen LogP contribution >= 0.6 is 23.2 Å². The summed E-state index contributed by atoms with van der Waals surface area (Å²) in [6.07, 6.45) is -2.12. The molecule has 1 aliphatic rings. The van der Waals surface area contributed by atoms with Crippen molar-refractivity contribution in [3.05, 3.63) is 40.4 Å². The summed E-state index contributed by atoms with van der Waals surface area (Å²) < 4.78 is 43.2. The molecule has 2 N–H and O–H groups in total. The van der Waals surface area contributed by atoms with Crippen molar-refractivity contribution in [2.75, 3.05) is 29.1 Å². The number of alkyl halides is 3. The van der Waals surface area contributed by atoms with Gasteiger partial charge in [0, 0.05) is 19.7 Å². The molecular formula is C17H14Cl2F3N7O. The molecule has 158 valence electrons. The van der Waals surface area contributed by atoms with Gasteiger partial charge in [-0.15, -0.1) is 0 Å². The molecule has 0 fully saturated rings. The smallest absolute Gasteiger partial charge is 0.372 e. The zero-order valence-electron chi connectivity index (χ0n) is 15.6. The summed E-state index contributed by atoms with van der Waals surface area (Å²) in [6.45, 7) is 0.347. The maximum Gasteiger partial charge on any atom is 0.401 e. The number of rotatable bonds is 2. The Balaban J connectivity index is 1.77. The Labute approximate surface area is 178 Å². The van der Waals surface area contributed by atoms with E-state index in [1.54, 1.807) is 7.05 Å². The molecule has 0 spiro atoms. The molecule has 0 aliphatic carbocycles. The van der Waals surface area contributed by atoms with E-state index in [0.29, 0.717) is 5.82 Å². The van der Waals surface area contributed by atoms with Gasteiger partial charge in [0.15, 0.2) is 10.8 Å². The van der Waals surface area contributed by atoms with Gasteiger partial charge in [-0.25, -0.2) is 19.3 Å². The Morgan fingerprint density at radius 1 is 1.23 bits per heavy atom. The van der Waals surface area contributed by atoms with Crippen LogP contribution in [0, 0.1) is 0 Å². The van der Waals surface area contributed by atoms with E-state index in [1.165, 1.54) is 24.5 Å². The molecule has 30 heavy (non-hydrogen) atoms. The van der Waals surface area contributed by atoms with Crippen molar-refractivity contribution in [1.29, 1.82) is 0 Å². The fourth-order valence-electron chi connectivity index (χ4n) is 3.37. The lowest BCUT2D eigenvalue weighted by Crippen LogP contribution is -2.46. The van der Waals surface area contributed by atoms with Gasteiger partial charge >= 0.3 is 12.2 Å². The summed E-state index contributed by atoms with van der Waals surface area (Å²) in [7, 11) is 1.63. The largest absolute Gasteiger partial charge is 0.401 e. The number of fused-ring (bicyclic) bond motifs is 3. The average molecular weight is 460 g/mol. The van der Waals surface area contributed by atoms with Crippen LogP contribution in [0.3, 0.4) is 0 Å². The Morgan fingerprint density at radius 3 is 2.60 bits per heavy atom. The summed E-state index contributed by atoms with van der Waals surface area (Å²) in [4.78, 5) is 22.0. The van der Waals surface area contributed by atoms with Gasteiger partial charge in [-0.1, -0.05) is 23.2 Å². The molecule has 3 aromatic heterocycles. The Hall–Kier alpha value is -2.79. The first kappa shape index (κ1) is 20.5. The molecule has 3 aromatic rings. The SMILES string of the molecule is CNc1ncc(NC(=O)N2C[C@@](C)(C(F)(F)F)c3c2cnc2cc(Cl)nn32)cc1Cl. The third-order valence-corrected chi connectivity index (χ3v) is 5.39. The Bertz CT molecular complexity index is 1170. The van der Waals surface area contributed by atoms with E-state index in [0.717, 1.165) is 16.3 Å². The molecule has 1 atom stereocenters. The van der Waals surface area contributed by atoms with Gasteiger partial charge < -0.3 is 10.6 Å². The number of hydrogen-bond acceptors (Lipinski definition) is 5. The molecule has 4 heterocycles. The van der Waals surface area contributed by atoms with Crippen LogP contribution in [0.15, 0.2) is 24.5 Å². The van der Waals surface area contributed by atoms with Crippen LogP contribution in [0.4, 0.5) is 35.2 Å². The monoisotopic (exact) mass is 459 g/mol. The molecule has 0 radical (unpaired) electrons. The number of pyridine rings is 1. The molecule has 13 heteroatoms. The third-order valence-electron chi connectivity index (χ3n) is 4.92. The quantitative estimate of drug-likeness (QED) is 0.594. The summed E-state index contributed by atoms with van der Waals surface area (Å²) in [5.74, 6) is 0.396. The van der Waals surface area contributed by atoms with Gasteiger partial charge in [-0.3, -0.25) is 4.90 Å². The third kappa shape index (κ3) is 3.08. The molecule has 1 aliphatic heterocycles. The lowest BCUT2D eigenvalue weighted by Gasteiger charge is -2.28. The minimum Gasteiger partial charge on any atom is -0.372 e. The number of hydrogen-bond donors (Lipinski definition) is 2. The number of aromatic nitrogens is 4. The summed E-state index contributed by atoms with van der Waals surface area (Å²) in [5, 5.41) is 9.46. The summed E-state index contributed by atoms with van der Waals surface area (Å²) >= 11 is 11.9. The fraction of sp³-hybridized carbons (Fsp3) is 0.294. The predicted octanol–water partition coefficient (Wildman–Crippen LogP) is 4.34. The van der Waals surface area contributed by atoms with E-state index in [9.17, 15) is 18.0 Å². The van der Waals surface area contributed by atoms with Crippen molar-refractivity contribution < 1.29 is 18.0 Å². The second-order valence-electron chi connectivity index (χ2n) is 6.88. The van der Waals surface area contributed by atoms with E-state index in [-0.39, 0.29) is 32.9 Å². The Kier molecular flexibility index (Phi) is 4.70. The lowest BCUT2D eigenvalue weighted by molar-refractivity contribution is -0.181. The van der Waals surface area contributed by atoms with Gasteiger partial charge in [-0.05, 0) is 13.0 Å². The van der Waals surface area contributed by atoms with Crippen LogP contribution in [0.1, 0.15) is 12.6 Å². The van der Waals surface area contributed by atoms with Crippen LogP contribution in [-0.2, 0) is 5.41 Å². The van der Waals surface area contributed by atoms with Crippen molar-refractivity contribution in [3.8, 4) is 0 Å². The number of amides is 2. The Morgan fingerprint density at radius 2 is 1.97 bits per heavy atom. The minimum atomic E-state index is -4.66. The lowest BCUT2D eigenvalue weighted by atomic mass is 9.88. The molecule has 0 saturated carbocycles. The molecular weight excluding hydrogens is 446 g/mol. The minimum absolute atomic E-state index is 0.00587. The van der Waals surface area contributed by atoms with Crippen molar-refractivity contribution in [2.45, 2.75) is 18.5 Å². The predicted molar refractivity (Wildman–Crippen MR) is 107 cm³/mol. The molecule has 4 rings (SSSR count). The molecule has 0 saturated heterocycles. The first-order chi connectivity index (χ1) is 14.0. The van der Waals surface area contributed by atoms with Crippen LogP contribution < -0.4 is 15.5 Å². The number of urea groups is 1. The molecule has 0 aromatic carbocycles. The van der Waals surface area contributed by atoms with Crippen LogP contribution in [0.2, 0.25) is 10.2 Å². The molecule has 0 unspecified atom stereocenters. The standard InChI is InChI=1S/C17H14Cl2F3N7O/c1-16(17(20,21)22)7-28(10-6-24-12-4-11(19)27-29(12)13(10)16)15(30)26-8-3-9(18)14(23-2)25-5-8/h3-6H,7H2,1-2H3,(H,23,25)(H,26,30)/t16-/m1/s1. The van der Waals surface area contributed by atoms with Crippen LogP contribution in [0.25, 0.3) is 5.65 Å². The highest BCUT2D eigenvalue weighted by atomic mass is 35.5. The first-order valence-electron chi connectivity index (χ1n) is 8.58. The van der Waals surface area contributed by atoms with Crippen molar-refractivity contribution in [1.82, 2.24) is 19.6 Å². The van der Waals surface area contributed by atoms with E-state index >= 15 is 0 Å². The van der Waals surface area contributed by atoms with Gasteiger partial charge in [0.1, 0.15) is 11.2 Å². The van der Waals surface area contributed by atoms with Crippen molar-refractivity contribution in [2.24, 2.45) is 0 Å². The van der Waals surface area contributed by atoms with Crippen LogP contribution in [-0.4, -0.2) is 45.4 Å². The van der Waals surface area contributed by atoms with E-state index < -0.39 is 24.2 Å². The first-order valence-corrected chi connectivity index (χ1v) is 9.34. The van der Waals surface area contributed by atoms with E-state index in [1.807, 2.05) is 0 Å². The molecule has 2 amide bonds. The second-order valence-corrected chi connectivity index (χ2v) is 7.67. The second kappa shape index (κ2) is 6.88. The average Bonchev–Trinajstić information content (AvgIpc) is 3.19. The summed E-state index contributed by atoms with van der Waals surface area (Å²) in [6, 6.07) is 1.99. The van der Waals surface area contributed by atoms with E-state index in [4.69, 9.17) is 23.2 Å². The maximum atomic E-state index is 14.1. The number of nitrogens with zero attached hydrogens (tertiary/aromatic N) is 5. The van der Waals surface area contributed by atoms with Gasteiger partial charge in [0.25, 0.3) is 0 Å². The molecule has 8 nitrogen and oxygen atoms in total. The zero-order valence-corrected chi connectivity index (χ0v) is 17.1. The highest BCUT2D eigenvalue weighted by Crippen LogP contribution is 2.50. The van der Waals surface area contributed by atoms with E-state index in [2.05, 4.69) is 25.7 Å². The van der Waals surface area contributed by atoms with Crippen molar-refractivity contribution in [3.63, 3.8) is 0 Å². The number of anilines is 3. The maximum absolute atomic E-state index is 14.1. The molecule has 0 bridgehead atoms. The van der Waals surface area contributed by atoms with Crippen molar-refractivity contribution >= 4 is 52.1 Å². The van der Waals surface area contributed by atoms with Gasteiger partial charge in [-0.2, -0.15) is 18.3 Å². The highest BCUT2D eigenvalue weighted by Gasteiger charge is 2.60. The number of halogens is 5. The number of carbonyl (C=O) groups excluding carboxylic acids is 1.